The van der Waals surface area contributed by atoms with Gasteiger partial charge < -0.3 is 10.6 Å². The molecule has 216 valence electrons. The fraction of sp³-hybridized carbons (Fsp3) is 0.316. The molecule has 0 unspecified atom stereocenters. The van der Waals surface area contributed by atoms with E-state index in [1.165, 1.54) is 0 Å². The predicted octanol–water partition coefficient (Wildman–Crippen LogP) is 5.76. The first kappa shape index (κ1) is 31.9. The fourth-order valence-electron chi connectivity index (χ4n) is 2.83. The van der Waals surface area contributed by atoms with E-state index in [4.69, 9.17) is 0 Å². The Kier molecular flexibility index (Phi) is 8.76. The van der Waals surface area contributed by atoms with Gasteiger partial charge in [-0.2, -0.15) is 48.3 Å². The molecule has 0 bridgehead atoms. The molecule has 3 N–H and O–H groups in total. The number of hydrogen-bond donors (Lipinski definition) is 3. The lowest BCUT2D eigenvalue weighted by molar-refractivity contribution is -0.269. The number of halogens is 11. The molecule has 0 saturated carbocycles. The Hall–Kier alpha value is -3.29. The average Bonchev–Trinajstić information content (AvgIpc) is 2.69. The van der Waals surface area contributed by atoms with E-state index >= 15 is 0 Å². The van der Waals surface area contributed by atoms with Gasteiger partial charge in [0, 0.05) is 17.1 Å². The standard InChI is InChI=1S/C19H14F11N5O2S2/c1-8-7-9(2)32-14(31-8)35-39(36,37)11-5-3-10(4-6-11)33-15(38)34-13(16(20,21)19(28,29)30)12(17(22,23)24)18(25,26)27/h3-7H,1-2H3,(H,31,32,35)(H2,33,34,38). The number of aryl methyl sites for hydroxylation is 2. The zero-order valence-corrected chi connectivity index (χ0v) is 20.7. The fourth-order valence-corrected chi connectivity index (χ4v) is 3.99. The lowest BCUT2D eigenvalue weighted by Crippen LogP contribution is -2.49. The molecule has 1 aromatic heterocycles. The molecule has 1 aromatic carbocycles. The van der Waals surface area contributed by atoms with Crippen molar-refractivity contribution in [3.8, 4) is 0 Å². The summed E-state index contributed by atoms with van der Waals surface area (Å²) in [7, 11) is -4.32. The van der Waals surface area contributed by atoms with Crippen LogP contribution in [-0.4, -0.2) is 47.9 Å². The molecule has 0 amide bonds. The molecule has 0 aliphatic carbocycles. The summed E-state index contributed by atoms with van der Waals surface area (Å²) >= 11 is 4.35. The predicted molar refractivity (Wildman–Crippen MR) is 118 cm³/mol. The van der Waals surface area contributed by atoms with Crippen LogP contribution in [0.25, 0.3) is 0 Å². The highest BCUT2D eigenvalue weighted by Crippen LogP contribution is 2.48. The van der Waals surface area contributed by atoms with Gasteiger partial charge in [0.2, 0.25) is 5.95 Å². The van der Waals surface area contributed by atoms with E-state index in [-0.39, 0.29) is 5.95 Å². The maximum atomic E-state index is 13.8. The number of thiocarbonyl (C=S) groups is 1. The van der Waals surface area contributed by atoms with Crippen molar-refractivity contribution in [2.24, 2.45) is 0 Å². The lowest BCUT2D eigenvalue weighted by atomic mass is 10.1. The van der Waals surface area contributed by atoms with Gasteiger partial charge in [-0.25, -0.2) is 23.1 Å². The zero-order valence-electron chi connectivity index (χ0n) is 19.1. The minimum atomic E-state index is -6.88. The second-order valence-corrected chi connectivity index (χ2v) is 9.59. The first-order chi connectivity index (χ1) is 17.4. The van der Waals surface area contributed by atoms with Crippen LogP contribution in [0.2, 0.25) is 0 Å². The van der Waals surface area contributed by atoms with Crippen LogP contribution in [0.5, 0.6) is 0 Å². The summed E-state index contributed by atoms with van der Waals surface area (Å²) in [6, 6.07) is 4.91. The number of allylic oxidation sites excluding steroid dienone is 2. The number of rotatable bonds is 6. The highest BCUT2D eigenvalue weighted by molar-refractivity contribution is 7.92. The van der Waals surface area contributed by atoms with Crippen molar-refractivity contribution >= 4 is 39.0 Å². The Morgan fingerprint density at radius 2 is 1.28 bits per heavy atom. The molecule has 0 fully saturated rings. The number of anilines is 2. The number of aromatic nitrogens is 2. The van der Waals surface area contributed by atoms with Gasteiger partial charge in [0.05, 0.1) is 4.90 Å². The summed E-state index contributed by atoms with van der Waals surface area (Å²) in [5, 5.41) is 0.934. The van der Waals surface area contributed by atoms with Crippen molar-refractivity contribution < 1.29 is 56.7 Å². The van der Waals surface area contributed by atoms with Crippen LogP contribution in [0, 0.1) is 13.8 Å². The Labute approximate surface area is 217 Å². The van der Waals surface area contributed by atoms with Gasteiger partial charge >= 0.3 is 24.5 Å². The van der Waals surface area contributed by atoms with Gasteiger partial charge in [-0.1, -0.05) is 0 Å². The second-order valence-electron chi connectivity index (χ2n) is 7.50. The molecule has 2 aromatic rings. The molecule has 39 heavy (non-hydrogen) atoms. The first-order valence-corrected chi connectivity index (χ1v) is 11.7. The normalized spacial score (nSPS) is 13.1. The lowest BCUT2D eigenvalue weighted by Gasteiger charge is -2.28. The number of alkyl halides is 11. The second kappa shape index (κ2) is 10.7. The number of hydrogen-bond acceptors (Lipinski definition) is 5. The van der Waals surface area contributed by atoms with E-state index < -0.39 is 61.4 Å². The van der Waals surface area contributed by atoms with Crippen molar-refractivity contribution in [3.63, 3.8) is 0 Å². The van der Waals surface area contributed by atoms with Crippen LogP contribution in [-0.2, 0) is 10.0 Å². The quantitative estimate of drug-likeness (QED) is 0.281. The van der Waals surface area contributed by atoms with Crippen LogP contribution in [0.3, 0.4) is 0 Å². The van der Waals surface area contributed by atoms with Crippen molar-refractivity contribution in [3.05, 3.63) is 53.0 Å². The van der Waals surface area contributed by atoms with Gasteiger partial charge in [0.15, 0.2) is 10.7 Å². The van der Waals surface area contributed by atoms with Crippen molar-refractivity contribution in [2.45, 2.75) is 43.2 Å². The van der Waals surface area contributed by atoms with Crippen LogP contribution < -0.4 is 15.4 Å². The van der Waals surface area contributed by atoms with Crippen LogP contribution in [0.15, 0.2) is 46.5 Å². The molecule has 0 atom stereocenters. The van der Waals surface area contributed by atoms with Crippen molar-refractivity contribution in [1.29, 1.82) is 0 Å². The van der Waals surface area contributed by atoms with Crippen LogP contribution in [0.1, 0.15) is 11.4 Å². The molecular weight excluding hydrogens is 603 g/mol. The van der Waals surface area contributed by atoms with E-state index in [0.717, 1.165) is 24.3 Å². The summed E-state index contributed by atoms with van der Waals surface area (Å²) in [4.78, 5) is 7.28. The SMILES string of the molecule is Cc1cc(C)nc(NS(=O)(=O)c2ccc(NC(=S)NC(=C(C(F)(F)F)C(F)(F)F)C(F)(F)C(F)(F)F)cc2)n1. The van der Waals surface area contributed by atoms with Crippen LogP contribution >= 0.6 is 12.2 Å². The number of sulfonamides is 1. The maximum Gasteiger partial charge on any atom is 0.459 e. The maximum absolute atomic E-state index is 13.8. The van der Waals surface area contributed by atoms with Gasteiger partial charge in [0.1, 0.15) is 5.70 Å². The molecule has 1 heterocycles. The molecule has 2 rings (SSSR count). The number of benzene rings is 1. The Balaban J connectivity index is 2.37. The van der Waals surface area contributed by atoms with Crippen molar-refractivity contribution in [1.82, 2.24) is 15.3 Å². The Morgan fingerprint density at radius 3 is 1.69 bits per heavy atom. The molecular formula is C19H14F11N5O2S2. The summed E-state index contributed by atoms with van der Waals surface area (Å²) in [6.07, 6.45) is -20.3. The molecule has 0 radical (unpaired) electrons. The monoisotopic (exact) mass is 617 g/mol. The topological polar surface area (TPSA) is 96.0 Å². The van der Waals surface area contributed by atoms with Gasteiger partial charge in [-0.3, -0.25) is 0 Å². The minimum absolute atomic E-state index is 0.296. The van der Waals surface area contributed by atoms with Crippen LogP contribution in [0.4, 0.5) is 59.9 Å². The number of nitrogens with zero attached hydrogens (tertiary/aromatic N) is 2. The third kappa shape index (κ3) is 7.87. The molecule has 0 saturated heterocycles. The molecule has 20 heteroatoms. The van der Waals surface area contributed by atoms with E-state index in [1.807, 2.05) is 5.32 Å². The summed E-state index contributed by atoms with van der Waals surface area (Å²) in [5.41, 5.74) is -7.34. The molecule has 0 aliphatic rings. The van der Waals surface area contributed by atoms with E-state index in [0.29, 0.717) is 16.7 Å². The largest absolute Gasteiger partial charge is 0.459 e. The van der Waals surface area contributed by atoms with E-state index in [2.05, 4.69) is 26.9 Å². The van der Waals surface area contributed by atoms with Crippen molar-refractivity contribution in [2.75, 3.05) is 10.0 Å². The molecule has 0 spiro atoms. The minimum Gasteiger partial charge on any atom is -0.332 e. The van der Waals surface area contributed by atoms with Gasteiger partial charge in [-0.05, 0) is 56.4 Å². The van der Waals surface area contributed by atoms with E-state index in [1.54, 1.807) is 19.9 Å². The smallest absolute Gasteiger partial charge is 0.332 e. The van der Waals surface area contributed by atoms with Gasteiger partial charge in [-0.15, -0.1) is 0 Å². The highest BCUT2D eigenvalue weighted by atomic mass is 32.2. The third-order valence-corrected chi connectivity index (χ3v) is 5.90. The highest BCUT2D eigenvalue weighted by Gasteiger charge is 2.66. The first-order valence-electron chi connectivity index (χ1n) is 9.82. The third-order valence-electron chi connectivity index (χ3n) is 4.36. The van der Waals surface area contributed by atoms with Gasteiger partial charge in [0.25, 0.3) is 10.0 Å². The summed E-state index contributed by atoms with van der Waals surface area (Å²) in [6.45, 7) is 3.11. The average molecular weight is 617 g/mol. The summed E-state index contributed by atoms with van der Waals surface area (Å²) < 4.78 is 171. The Morgan fingerprint density at radius 1 is 0.821 bits per heavy atom. The Bertz CT molecular complexity index is 1330. The summed E-state index contributed by atoms with van der Waals surface area (Å²) in [5.74, 6) is -6.96. The number of nitrogens with one attached hydrogen (secondary N) is 3. The van der Waals surface area contributed by atoms with E-state index in [9.17, 15) is 56.7 Å². The zero-order chi connectivity index (χ0) is 30.2. The molecule has 7 nitrogen and oxygen atoms in total. The molecule has 0 aliphatic heterocycles.